The van der Waals surface area contributed by atoms with Gasteiger partial charge in [0.2, 0.25) is 5.91 Å². The Morgan fingerprint density at radius 3 is 2.60 bits per heavy atom. The molecule has 0 spiro atoms. The Morgan fingerprint density at radius 2 is 1.96 bits per heavy atom. The quantitative estimate of drug-likeness (QED) is 0.766. The molecule has 1 aliphatic heterocycles. The normalized spacial score (nSPS) is 14.3. The van der Waals surface area contributed by atoms with Crippen molar-refractivity contribution < 1.29 is 13.9 Å². The van der Waals surface area contributed by atoms with Crippen LogP contribution in [0.1, 0.15) is 5.69 Å². The molecule has 0 atom stereocenters. The van der Waals surface area contributed by atoms with Gasteiger partial charge in [-0.1, -0.05) is 0 Å². The van der Waals surface area contributed by atoms with Gasteiger partial charge in [0.15, 0.2) is 0 Å². The van der Waals surface area contributed by atoms with Crippen LogP contribution in [0.25, 0.3) is 0 Å². The summed E-state index contributed by atoms with van der Waals surface area (Å²) in [6.07, 6.45) is -0.0914. The Morgan fingerprint density at radius 1 is 1.28 bits per heavy atom. The lowest BCUT2D eigenvalue weighted by atomic mass is 10.1. The first-order chi connectivity index (χ1) is 11.9. The number of aromatic nitrogens is 1. The van der Waals surface area contributed by atoms with Crippen LogP contribution in [-0.2, 0) is 11.8 Å². The maximum Gasteiger partial charge on any atom is 0.254 e. The summed E-state index contributed by atoms with van der Waals surface area (Å²) in [5, 5.41) is 0. The average molecular weight is 362 g/mol. The van der Waals surface area contributed by atoms with Gasteiger partial charge in [-0.2, -0.15) is 0 Å². The van der Waals surface area contributed by atoms with E-state index in [1.54, 1.807) is 28.6 Å². The fraction of sp³-hybridized carbons (Fsp3) is 0.333. The summed E-state index contributed by atoms with van der Waals surface area (Å²) in [5.74, 6) is 0.584. The maximum absolute atomic E-state index is 12.9. The molecule has 2 heterocycles. The molecule has 3 rings (SSSR count). The molecule has 1 aromatic carbocycles. The standard InChI is InChI=1S/C18H19FN2O3S/c1-12-7-14(8-17(22)20(12)2)24-15-9-21(10-15)18(23)11-25-16-5-3-13(19)4-6-16/h3-8,15H,9-11H2,1-2H3. The third-order valence-corrected chi connectivity index (χ3v) is 5.15. The van der Waals surface area contributed by atoms with Gasteiger partial charge < -0.3 is 14.2 Å². The number of benzene rings is 1. The lowest BCUT2D eigenvalue weighted by Crippen LogP contribution is -2.56. The second kappa shape index (κ2) is 7.31. The molecule has 0 N–H and O–H groups in total. The summed E-state index contributed by atoms with van der Waals surface area (Å²) in [7, 11) is 1.71. The smallest absolute Gasteiger partial charge is 0.254 e. The Kier molecular flexibility index (Phi) is 5.13. The van der Waals surface area contributed by atoms with Crippen molar-refractivity contribution in [2.24, 2.45) is 7.05 Å². The fourth-order valence-electron chi connectivity index (χ4n) is 2.48. The van der Waals surface area contributed by atoms with Gasteiger partial charge in [-0.25, -0.2) is 4.39 Å². The van der Waals surface area contributed by atoms with Gasteiger partial charge in [-0.3, -0.25) is 9.59 Å². The maximum atomic E-state index is 12.9. The van der Waals surface area contributed by atoms with Crippen LogP contribution < -0.4 is 10.3 Å². The molecule has 1 amide bonds. The van der Waals surface area contributed by atoms with E-state index in [1.165, 1.54) is 30.0 Å². The number of halogens is 1. The number of carbonyl (C=O) groups is 1. The van der Waals surface area contributed by atoms with Crippen molar-refractivity contribution in [3.05, 3.63) is 58.3 Å². The van der Waals surface area contributed by atoms with Gasteiger partial charge in [0, 0.05) is 23.7 Å². The van der Waals surface area contributed by atoms with Crippen molar-refractivity contribution in [1.82, 2.24) is 9.47 Å². The number of pyridine rings is 1. The SMILES string of the molecule is Cc1cc(OC2CN(C(=O)CSc3ccc(F)cc3)C2)cc(=O)n1C. The van der Waals surface area contributed by atoms with Crippen molar-refractivity contribution in [3.63, 3.8) is 0 Å². The Bertz CT molecular complexity index is 829. The predicted molar refractivity (Wildman–Crippen MR) is 94.5 cm³/mol. The first-order valence-corrected chi connectivity index (χ1v) is 8.91. The highest BCUT2D eigenvalue weighted by atomic mass is 32.2. The van der Waals surface area contributed by atoms with E-state index >= 15 is 0 Å². The molecule has 1 saturated heterocycles. The molecule has 0 bridgehead atoms. The van der Waals surface area contributed by atoms with Crippen LogP contribution >= 0.6 is 11.8 Å². The molecule has 2 aromatic rings. The average Bonchev–Trinajstić information content (AvgIpc) is 2.54. The molecule has 0 aliphatic carbocycles. The van der Waals surface area contributed by atoms with Gasteiger partial charge in [0.05, 0.1) is 18.8 Å². The van der Waals surface area contributed by atoms with Crippen LogP contribution in [0.15, 0.2) is 46.1 Å². The fourth-order valence-corrected chi connectivity index (χ4v) is 3.28. The molecular weight excluding hydrogens is 343 g/mol. The van der Waals surface area contributed by atoms with Gasteiger partial charge >= 0.3 is 0 Å². The summed E-state index contributed by atoms with van der Waals surface area (Å²) < 4.78 is 20.2. The Balaban J connectivity index is 1.46. The first kappa shape index (κ1) is 17.5. The highest BCUT2D eigenvalue weighted by Gasteiger charge is 2.32. The second-order valence-corrected chi connectivity index (χ2v) is 7.06. The monoisotopic (exact) mass is 362 g/mol. The molecule has 0 unspecified atom stereocenters. The number of amides is 1. The van der Waals surface area contributed by atoms with Gasteiger partial charge in [0.1, 0.15) is 17.7 Å². The van der Waals surface area contributed by atoms with Crippen LogP contribution in [0.4, 0.5) is 4.39 Å². The molecule has 1 fully saturated rings. The predicted octanol–water partition coefficient (Wildman–Crippen LogP) is 2.21. The molecule has 1 aliphatic rings. The van der Waals surface area contributed by atoms with E-state index in [0.717, 1.165) is 10.6 Å². The van der Waals surface area contributed by atoms with E-state index < -0.39 is 0 Å². The van der Waals surface area contributed by atoms with Gasteiger partial charge in [0.25, 0.3) is 5.56 Å². The number of thioether (sulfide) groups is 1. The third kappa shape index (κ3) is 4.22. The van der Waals surface area contributed by atoms with E-state index in [2.05, 4.69) is 0 Å². The molecule has 5 nitrogen and oxygen atoms in total. The number of nitrogens with zero attached hydrogens (tertiary/aromatic N) is 2. The number of aryl methyl sites for hydroxylation is 1. The van der Waals surface area contributed by atoms with Gasteiger partial charge in [-0.05, 0) is 37.3 Å². The largest absolute Gasteiger partial charge is 0.486 e. The lowest BCUT2D eigenvalue weighted by Gasteiger charge is -2.39. The highest BCUT2D eigenvalue weighted by molar-refractivity contribution is 8.00. The number of rotatable bonds is 5. The Labute approximate surface area is 149 Å². The summed E-state index contributed by atoms with van der Waals surface area (Å²) >= 11 is 1.38. The van der Waals surface area contributed by atoms with Crippen molar-refractivity contribution >= 4 is 17.7 Å². The van der Waals surface area contributed by atoms with E-state index in [0.29, 0.717) is 24.6 Å². The van der Waals surface area contributed by atoms with E-state index in [4.69, 9.17) is 4.74 Å². The topological polar surface area (TPSA) is 51.5 Å². The number of hydrogen-bond donors (Lipinski definition) is 0. The summed E-state index contributed by atoms with van der Waals surface area (Å²) in [4.78, 5) is 26.5. The molecule has 0 radical (unpaired) electrons. The number of ether oxygens (including phenoxy) is 1. The number of hydrogen-bond acceptors (Lipinski definition) is 4. The van der Waals surface area contributed by atoms with Crippen LogP contribution in [0, 0.1) is 12.7 Å². The summed E-state index contributed by atoms with van der Waals surface area (Å²) in [6, 6.07) is 9.36. The van der Waals surface area contributed by atoms with Crippen molar-refractivity contribution in [1.29, 1.82) is 0 Å². The first-order valence-electron chi connectivity index (χ1n) is 7.93. The molecule has 1 aromatic heterocycles. The minimum atomic E-state index is -0.288. The highest BCUT2D eigenvalue weighted by Crippen LogP contribution is 2.22. The summed E-state index contributed by atoms with van der Waals surface area (Å²) in [5.41, 5.74) is 0.711. The molecular formula is C18H19FN2O3S. The third-order valence-electron chi connectivity index (χ3n) is 4.16. The zero-order chi connectivity index (χ0) is 18.0. The Hall–Kier alpha value is -2.28. The lowest BCUT2D eigenvalue weighted by molar-refractivity contribution is -0.137. The van der Waals surface area contributed by atoms with Crippen LogP contribution in [0.5, 0.6) is 5.75 Å². The van der Waals surface area contributed by atoms with Crippen LogP contribution in [0.2, 0.25) is 0 Å². The number of likely N-dealkylation sites (tertiary alicyclic amines) is 1. The zero-order valence-electron chi connectivity index (χ0n) is 14.1. The van der Waals surface area contributed by atoms with E-state index in [9.17, 15) is 14.0 Å². The van der Waals surface area contributed by atoms with Crippen molar-refractivity contribution in [3.8, 4) is 5.75 Å². The van der Waals surface area contributed by atoms with Crippen LogP contribution in [-0.4, -0.2) is 40.3 Å². The second-order valence-electron chi connectivity index (χ2n) is 6.01. The minimum Gasteiger partial charge on any atom is -0.486 e. The number of carbonyl (C=O) groups excluding carboxylic acids is 1. The molecule has 132 valence electrons. The minimum absolute atomic E-state index is 0.0225. The zero-order valence-corrected chi connectivity index (χ0v) is 14.9. The molecule has 0 saturated carbocycles. The van der Waals surface area contributed by atoms with E-state index in [1.807, 2.05) is 13.0 Å². The van der Waals surface area contributed by atoms with E-state index in [-0.39, 0.29) is 23.4 Å². The van der Waals surface area contributed by atoms with Crippen LogP contribution in [0.3, 0.4) is 0 Å². The molecule has 7 heteroatoms. The van der Waals surface area contributed by atoms with Gasteiger partial charge in [-0.15, -0.1) is 11.8 Å². The van der Waals surface area contributed by atoms with Crippen molar-refractivity contribution in [2.45, 2.75) is 17.9 Å². The summed E-state index contributed by atoms with van der Waals surface area (Å²) in [6.45, 7) is 2.87. The van der Waals surface area contributed by atoms with Crippen molar-refractivity contribution in [2.75, 3.05) is 18.8 Å². The molecule has 25 heavy (non-hydrogen) atoms.